The van der Waals surface area contributed by atoms with E-state index in [1.807, 2.05) is 0 Å². The van der Waals surface area contributed by atoms with Crippen LogP contribution in [0.2, 0.25) is 0 Å². The Balaban J connectivity index is 0.000000171. The average molecular weight is 240 g/mol. The van der Waals surface area contributed by atoms with Crippen LogP contribution in [-0.2, 0) is 4.79 Å². The second-order valence-electron chi connectivity index (χ2n) is 5.66. The smallest absolute Gasteiger partial charge is 0.134 e. The van der Waals surface area contributed by atoms with Gasteiger partial charge in [-0.2, -0.15) is 0 Å². The van der Waals surface area contributed by atoms with Gasteiger partial charge >= 0.3 is 0 Å². The Bertz CT molecular complexity index is 242. The fourth-order valence-corrected chi connectivity index (χ4v) is 2.77. The van der Waals surface area contributed by atoms with Crippen molar-refractivity contribution in [2.24, 2.45) is 23.7 Å². The van der Waals surface area contributed by atoms with Crippen molar-refractivity contribution in [3.8, 4) is 0 Å². The summed E-state index contributed by atoms with van der Waals surface area (Å²) in [5, 5.41) is 6.56. The minimum atomic E-state index is 0.282. The van der Waals surface area contributed by atoms with Crippen LogP contribution in [0.15, 0.2) is 0 Å². The fourth-order valence-electron chi connectivity index (χ4n) is 2.77. The van der Waals surface area contributed by atoms with Gasteiger partial charge in [-0.3, -0.25) is 4.79 Å². The molecule has 17 heavy (non-hydrogen) atoms. The Morgan fingerprint density at radius 3 is 1.88 bits per heavy atom. The molecule has 2 N–H and O–H groups in total. The zero-order chi connectivity index (χ0) is 12.8. The van der Waals surface area contributed by atoms with Crippen molar-refractivity contribution >= 4 is 5.78 Å². The first-order valence-corrected chi connectivity index (χ1v) is 6.98. The van der Waals surface area contributed by atoms with Crippen LogP contribution in [0, 0.1) is 23.7 Å². The molecule has 3 nitrogen and oxygen atoms in total. The van der Waals surface area contributed by atoms with Crippen molar-refractivity contribution < 1.29 is 4.79 Å². The van der Waals surface area contributed by atoms with Crippen LogP contribution in [-0.4, -0.2) is 32.0 Å². The van der Waals surface area contributed by atoms with E-state index in [2.05, 4.69) is 31.4 Å². The molecular formula is C14H28N2O. The highest BCUT2D eigenvalue weighted by molar-refractivity contribution is 5.79. The highest BCUT2D eigenvalue weighted by Gasteiger charge is 2.26. The van der Waals surface area contributed by atoms with Gasteiger partial charge in [0.25, 0.3) is 0 Å². The van der Waals surface area contributed by atoms with E-state index in [9.17, 15) is 4.79 Å². The number of carbonyl (C=O) groups excluding carboxylic acids is 1. The van der Waals surface area contributed by atoms with Gasteiger partial charge in [0, 0.05) is 12.5 Å². The summed E-state index contributed by atoms with van der Waals surface area (Å²) in [4.78, 5) is 10.8. The largest absolute Gasteiger partial charge is 0.316 e. The van der Waals surface area contributed by atoms with Gasteiger partial charge in [0.15, 0.2) is 0 Å². The molecular weight excluding hydrogens is 212 g/mol. The summed E-state index contributed by atoms with van der Waals surface area (Å²) < 4.78 is 0. The lowest BCUT2D eigenvalue weighted by Crippen LogP contribution is -2.17. The molecule has 2 aliphatic rings. The number of hydrogen-bond acceptors (Lipinski definition) is 3. The first-order valence-electron chi connectivity index (χ1n) is 6.98. The van der Waals surface area contributed by atoms with Gasteiger partial charge < -0.3 is 10.6 Å². The molecule has 0 spiro atoms. The van der Waals surface area contributed by atoms with Crippen LogP contribution in [0.3, 0.4) is 0 Å². The van der Waals surface area contributed by atoms with Gasteiger partial charge in [0.05, 0.1) is 0 Å². The Morgan fingerprint density at radius 2 is 1.65 bits per heavy atom. The predicted octanol–water partition coefficient (Wildman–Crippen LogP) is 1.68. The summed E-state index contributed by atoms with van der Waals surface area (Å²) in [6, 6.07) is 0. The summed E-state index contributed by atoms with van der Waals surface area (Å²) in [7, 11) is 0. The predicted molar refractivity (Wildman–Crippen MR) is 72.0 cm³/mol. The third-order valence-corrected chi connectivity index (χ3v) is 4.24. The highest BCUT2D eigenvalue weighted by atomic mass is 16.1. The molecule has 2 rings (SSSR count). The quantitative estimate of drug-likeness (QED) is 0.771. The molecule has 3 heteroatoms. The molecule has 0 aromatic heterocycles. The zero-order valence-corrected chi connectivity index (χ0v) is 11.8. The minimum Gasteiger partial charge on any atom is -0.316 e. The Labute approximate surface area is 106 Å². The van der Waals surface area contributed by atoms with Gasteiger partial charge in [-0.15, -0.1) is 0 Å². The third-order valence-electron chi connectivity index (χ3n) is 4.24. The van der Waals surface area contributed by atoms with Crippen LogP contribution in [0.25, 0.3) is 0 Å². The molecule has 2 aliphatic heterocycles. The Kier molecular flexibility index (Phi) is 6.14. The van der Waals surface area contributed by atoms with Gasteiger partial charge in [-0.25, -0.2) is 0 Å². The van der Waals surface area contributed by atoms with E-state index in [0.29, 0.717) is 11.7 Å². The third kappa shape index (κ3) is 4.40. The van der Waals surface area contributed by atoms with Crippen molar-refractivity contribution in [3.05, 3.63) is 0 Å². The molecule has 0 saturated carbocycles. The first-order chi connectivity index (χ1) is 8.06. The summed E-state index contributed by atoms with van der Waals surface area (Å²) >= 11 is 0. The topological polar surface area (TPSA) is 41.1 Å². The van der Waals surface area contributed by atoms with Gasteiger partial charge in [-0.05, 0) is 44.3 Å². The number of carbonyl (C=O) groups is 1. The van der Waals surface area contributed by atoms with E-state index >= 15 is 0 Å². The van der Waals surface area contributed by atoms with Crippen molar-refractivity contribution in [1.82, 2.24) is 10.6 Å². The van der Waals surface area contributed by atoms with Crippen molar-refractivity contribution in [1.29, 1.82) is 0 Å². The summed E-state index contributed by atoms with van der Waals surface area (Å²) in [6.45, 7) is 12.8. The normalized spacial score (nSPS) is 36.5. The molecule has 0 radical (unpaired) electrons. The van der Waals surface area contributed by atoms with E-state index in [0.717, 1.165) is 24.9 Å². The molecule has 2 fully saturated rings. The summed E-state index contributed by atoms with van der Waals surface area (Å²) in [6.07, 6.45) is 1.34. The molecule has 0 amide bonds. The molecule has 2 saturated heterocycles. The lowest BCUT2D eigenvalue weighted by molar-refractivity contribution is -0.121. The van der Waals surface area contributed by atoms with E-state index in [1.54, 1.807) is 6.92 Å². The molecule has 4 unspecified atom stereocenters. The van der Waals surface area contributed by atoms with Gasteiger partial charge in [0.2, 0.25) is 0 Å². The maximum absolute atomic E-state index is 10.8. The molecule has 0 aliphatic carbocycles. The minimum absolute atomic E-state index is 0.282. The fraction of sp³-hybridized carbons (Fsp3) is 0.929. The lowest BCUT2D eigenvalue weighted by atomic mass is 9.95. The maximum Gasteiger partial charge on any atom is 0.134 e. The highest BCUT2D eigenvalue weighted by Crippen LogP contribution is 2.18. The van der Waals surface area contributed by atoms with E-state index in [1.165, 1.54) is 19.5 Å². The number of nitrogens with one attached hydrogen (secondary N) is 2. The Morgan fingerprint density at radius 1 is 1.06 bits per heavy atom. The number of ketones is 1. The second kappa shape index (κ2) is 7.12. The first kappa shape index (κ1) is 14.7. The second-order valence-corrected chi connectivity index (χ2v) is 5.66. The van der Waals surface area contributed by atoms with Gasteiger partial charge in [0.1, 0.15) is 5.78 Å². The molecule has 0 aromatic carbocycles. The van der Waals surface area contributed by atoms with Crippen molar-refractivity contribution in [3.63, 3.8) is 0 Å². The van der Waals surface area contributed by atoms with Crippen LogP contribution >= 0.6 is 0 Å². The van der Waals surface area contributed by atoms with E-state index in [-0.39, 0.29) is 5.92 Å². The van der Waals surface area contributed by atoms with Crippen LogP contribution in [0.1, 0.15) is 34.1 Å². The van der Waals surface area contributed by atoms with Crippen LogP contribution < -0.4 is 10.6 Å². The lowest BCUT2D eigenvalue weighted by Gasteiger charge is -2.08. The number of hydrogen-bond donors (Lipinski definition) is 2. The summed E-state index contributed by atoms with van der Waals surface area (Å²) in [5.41, 5.74) is 0. The van der Waals surface area contributed by atoms with Crippen LogP contribution in [0.4, 0.5) is 0 Å². The van der Waals surface area contributed by atoms with Crippen LogP contribution in [0.5, 0.6) is 0 Å². The maximum atomic E-state index is 10.8. The number of rotatable bonds is 2. The van der Waals surface area contributed by atoms with Gasteiger partial charge in [-0.1, -0.05) is 27.2 Å². The molecule has 4 atom stereocenters. The van der Waals surface area contributed by atoms with E-state index < -0.39 is 0 Å². The van der Waals surface area contributed by atoms with E-state index in [4.69, 9.17) is 0 Å². The van der Waals surface area contributed by atoms with Crippen molar-refractivity contribution in [2.45, 2.75) is 34.1 Å². The SMILES string of the molecule is CC(=O)C1CNCC1C.CCC1CNCC1C. The average Bonchev–Trinajstić information content (AvgIpc) is 2.87. The number of Topliss-reactive ketones (excluding diaryl/α,β-unsaturated/α-hetero) is 1. The zero-order valence-electron chi connectivity index (χ0n) is 11.8. The standard InChI is InChI=1S/C7H13NO.C7H15N/c1-5-3-8-4-7(5)6(2)9;1-3-7-5-8-4-6(7)2/h5,7-8H,3-4H2,1-2H3;6-8H,3-5H2,1-2H3. The molecule has 100 valence electrons. The molecule has 0 bridgehead atoms. The summed E-state index contributed by atoms with van der Waals surface area (Å²) in [5.74, 6) is 3.02. The Hall–Kier alpha value is -0.410. The molecule has 2 heterocycles. The monoisotopic (exact) mass is 240 g/mol. The van der Waals surface area contributed by atoms with Crippen molar-refractivity contribution in [2.75, 3.05) is 26.2 Å². The molecule has 0 aromatic rings.